The highest BCUT2D eigenvalue weighted by molar-refractivity contribution is 9.10. The van der Waals surface area contributed by atoms with E-state index < -0.39 is 0 Å². The summed E-state index contributed by atoms with van der Waals surface area (Å²) in [5.74, 6) is 0. The van der Waals surface area contributed by atoms with Gasteiger partial charge in [0.2, 0.25) is 0 Å². The van der Waals surface area contributed by atoms with Crippen LogP contribution in [0.25, 0.3) is 0 Å². The molecular weight excluding hydrogens is 298 g/mol. The lowest BCUT2D eigenvalue weighted by Gasteiger charge is -2.04. The average Bonchev–Trinajstić information content (AvgIpc) is 2.31. The molecule has 0 saturated carbocycles. The number of nitriles is 1. The molecule has 0 aliphatic carbocycles. The van der Waals surface area contributed by atoms with E-state index in [1.807, 2.05) is 24.3 Å². The van der Waals surface area contributed by atoms with Gasteiger partial charge in [0.05, 0.1) is 17.4 Å². The number of anilines is 1. The smallest absolute Gasteiger partial charge is 0.119 e. The van der Waals surface area contributed by atoms with Crippen molar-refractivity contribution in [2.75, 3.05) is 5.73 Å². The first-order chi connectivity index (χ1) is 8.19. The predicted octanol–water partition coefficient (Wildman–Crippen LogP) is 3.45. The highest BCUT2D eigenvalue weighted by atomic mass is 79.9. The van der Waals surface area contributed by atoms with Crippen molar-refractivity contribution in [1.29, 1.82) is 5.26 Å². The second-order valence-electron chi connectivity index (χ2n) is 3.29. The molecule has 0 radical (unpaired) electrons. The van der Waals surface area contributed by atoms with Crippen LogP contribution >= 0.6 is 27.7 Å². The highest BCUT2D eigenvalue weighted by Gasteiger charge is 2.06. The molecule has 0 amide bonds. The number of nitrogens with zero attached hydrogens (tertiary/aromatic N) is 2. The fraction of sp³-hybridized carbons (Fsp3) is 0. The molecule has 5 heteroatoms. The van der Waals surface area contributed by atoms with Gasteiger partial charge in [0.25, 0.3) is 0 Å². The zero-order valence-electron chi connectivity index (χ0n) is 8.72. The second-order valence-corrected chi connectivity index (χ2v) is 5.27. The van der Waals surface area contributed by atoms with E-state index in [1.54, 1.807) is 12.3 Å². The lowest BCUT2D eigenvalue weighted by molar-refractivity contribution is 1.11. The molecule has 2 N–H and O–H groups in total. The monoisotopic (exact) mass is 305 g/mol. The van der Waals surface area contributed by atoms with Crippen LogP contribution in [0.3, 0.4) is 0 Å². The van der Waals surface area contributed by atoms with Crippen LogP contribution in [0.15, 0.2) is 50.9 Å². The van der Waals surface area contributed by atoms with Crippen molar-refractivity contribution in [2.24, 2.45) is 0 Å². The molecule has 2 aromatic rings. The maximum Gasteiger partial charge on any atom is 0.119 e. The van der Waals surface area contributed by atoms with Gasteiger partial charge in [0.1, 0.15) is 11.1 Å². The van der Waals surface area contributed by atoms with Gasteiger partial charge in [0.15, 0.2) is 0 Å². The van der Waals surface area contributed by atoms with E-state index in [0.29, 0.717) is 16.3 Å². The third kappa shape index (κ3) is 2.99. The first kappa shape index (κ1) is 12.0. The number of aromatic nitrogens is 1. The third-order valence-corrected chi connectivity index (χ3v) is 3.50. The van der Waals surface area contributed by atoms with Crippen LogP contribution in [0, 0.1) is 11.3 Å². The summed E-state index contributed by atoms with van der Waals surface area (Å²) in [4.78, 5) is 5.20. The summed E-state index contributed by atoms with van der Waals surface area (Å²) in [6.07, 6.45) is 1.56. The normalized spacial score (nSPS) is 9.88. The van der Waals surface area contributed by atoms with E-state index in [9.17, 15) is 0 Å². The Hall–Kier alpha value is -1.51. The molecule has 0 spiro atoms. The molecule has 1 aromatic carbocycles. The van der Waals surface area contributed by atoms with Gasteiger partial charge in [-0.2, -0.15) is 5.26 Å². The van der Waals surface area contributed by atoms with Gasteiger partial charge in [-0.1, -0.05) is 33.8 Å². The number of nitrogens with two attached hydrogens (primary N) is 1. The Labute approximate surface area is 112 Å². The summed E-state index contributed by atoms with van der Waals surface area (Å²) >= 11 is 4.85. The minimum atomic E-state index is 0.495. The van der Waals surface area contributed by atoms with Crippen LogP contribution in [-0.2, 0) is 0 Å². The fourth-order valence-corrected chi connectivity index (χ4v) is 2.70. The minimum absolute atomic E-state index is 0.495. The van der Waals surface area contributed by atoms with E-state index in [0.717, 1.165) is 9.37 Å². The number of hydrogen-bond donors (Lipinski definition) is 1. The van der Waals surface area contributed by atoms with Crippen LogP contribution < -0.4 is 5.73 Å². The first-order valence-electron chi connectivity index (χ1n) is 4.78. The topological polar surface area (TPSA) is 62.7 Å². The summed E-state index contributed by atoms with van der Waals surface area (Å²) in [7, 11) is 0. The zero-order chi connectivity index (χ0) is 12.3. The number of halogens is 1. The summed E-state index contributed by atoms with van der Waals surface area (Å²) in [5, 5.41) is 9.67. The Balaban J connectivity index is 2.34. The van der Waals surface area contributed by atoms with Crippen LogP contribution in [0.5, 0.6) is 0 Å². The molecule has 0 aliphatic heterocycles. The van der Waals surface area contributed by atoms with E-state index >= 15 is 0 Å². The van der Waals surface area contributed by atoms with Gasteiger partial charge < -0.3 is 5.73 Å². The van der Waals surface area contributed by atoms with Gasteiger partial charge in [-0.25, -0.2) is 4.98 Å². The molecule has 0 unspecified atom stereocenters. The van der Waals surface area contributed by atoms with Crippen LogP contribution in [0.1, 0.15) is 5.56 Å². The number of pyridine rings is 1. The summed E-state index contributed by atoms with van der Waals surface area (Å²) < 4.78 is 0.997. The Kier molecular flexibility index (Phi) is 3.67. The van der Waals surface area contributed by atoms with Gasteiger partial charge >= 0.3 is 0 Å². The molecule has 1 aromatic heterocycles. The van der Waals surface area contributed by atoms with E-state index in [-0.39, 0.29) is 0 Å². The molecule has 3 nitrogen and oxygen atoms in total. The first-order valence-corrected chi connectivity index (χ1v) is 6.39. The van der Waals surface area contributed by atoms with Gasteiger partial charge in [-0.3, -0.25) is 0 Å². The Morgan fingerprint density at radius 3 is 2.88 bits per heavy atom. The molecule has 0 aliphatic rings. The lowest BCUT2D eigenvalue weighted by atomic mass is 10.3. The van der Waals surface area contributed by atoms with Crippen molar-refractivity contribution in [2.45, 2.75) is 9.92 Å². The van der Waals surface area contributed by atoms with Crippen molar-refractivity contribution in [1.82, 2.24) is 4.98 Å². The van der Waals surface area contributed by atoms with Gasteiger partial charge in [0, 0.05) is 9.37 Å². The SMILES string of the molecule is N#Cc1cc(N)cnc1Sc1cccc(Br)c1. The molecular formula is C12H8BrN3S. The molecule has 84 valence electrons. The Morgan fingerprint density at radius 2 is 2.18 bits per heavy atom. The second kappa shape index (κ2) is 5.21. The van der Waals surface area contributed by atoms with Gasteiger partial charge in [-0.05, 0) is 24.3 Å². The summed E-state index contributed by atoms with van der Waals surface area (Å²) in [5.41, 5.74) is 6.59. The lowest BCUT2D eigenvalue weighted by Crippen LogP contribution is -1.91. The van der Waals surface area contributed by atoms with Crippen molar-refractivity contribution in [3.8, 4) is 6.07 Å². The Morgan fingerprint density at radius 1 is 1.35 bits per heavy atom. The molecule has 2 rings (SSSR count). The minimum Gasteiger partial charge on any atom is -0.397 e. The molecule has 0 saturated heterocycles. The summed E-state index contributed by atoms with van der Waals surface area (Å²) in [6, 6.07) is 11.6. The van der Waals surface area contributed by atoms with E-state index in [1.165, 1.54) is 11.8 Å². The van der Waals surface area contributed by atoms with Crippen molar-refractivity contribution in [3.63, 3.8) is 0 Å². The maximum atomic E-state index is 9.01. The summed E-state index contributed by atoms with van der Waals surface area (Å²) in [6.45, 7) is 0. The quantitative estimate of drug-likeness (QED) is 0.923. The van der Waals surface area contributed by atoms with Crippen molar-refractivity contribution >= 4 is 33.4 Å². The average molecular weight is 306 g/mol. The predicted molar refractivity (Wildman–Crippen MR) is 71.6 cm³/mol. The molecule has 1 heterocycles. The number of nitrogen functional groups attached to an aromatic ring is 1. The van der Waals surface area contributed by atoms with Crippen LogP contribution in [0.2, 0.25) is 0 Å². The molecule has 17 heavy (non-hydrogen) atoms. The van der Waals surface area contributed by atoms with Gasteiger partial charge in [-0.15, -0.1) is 0 Å². The Bertz CT molecular complexity index is 593. The molecule has 0 fully saturated rings. The van der Waals surface area contributed by atoms with Crippen LogP contribution in [-0.4, -0.2) is 4.98 Å². The largest absolute Gasteiger partial charge is 0.397 e. The van der Waals surface area contributed by atoms with E-state index in [4.69, 9.17) is 11.0 Å². The third-order valence-electron chi connectivity index (χ3n) is 2.00. The molecule has 0 bridgehead atoms. The van der Waals surface area contributed by atoms with E-state index in [2.05, 4.69) is 27.0 Å². The number of rotatable bonds is 2. The molecule has 0 atom stereocenters. The number of benzene rings is 1. The highest BCUT2D eigenvalue weighted by Crippen LogP contribution is 2.30. The maximum absolute atomic E-state index is 9.01. The number of hydrogen-bond acceptors (Lipinski definition) is 4. The fourth-order valence-electron chi connectivity index (χ4n) is 1.27. The van der Waals surface area contributed by atoms with Crippen molar-refractivity contribution in [3.05, 3.63) is 46.6 Å². The zero-order valence-corrected chi connectivity index (χ0v) is 11.1. The van der Waals surface area contributed by atoms with Crippen molar-refractivity contribution < 1.29 is 0 Å². The van der Waals surface area contributed by atoms with Crippen LogP contribution in [0.4, 0.5) is 5.69 Å². The standard InChI is InChI=1S/C12H8BrN3S/c13-9-2-1-3-11(5-9)17-12-8(6-14)4-10(15)7-16-12/h1-5,7H,15H2.